The molecule has 4 aromatic rings. The van der Waals surface area contributed by atoms with Crippen LogP contribution >= 0.6 is 23.4 Å². The molecule has 5 N–H and O–H groups in total. The SMILES string of the molecule is CSc1ccc(-n2nc(C(N)=O)c3c2-c2cc(NC(=O)c4cc(N)ccc4Cl)ccc2CC3)cc1. The van der Waals surface area contributed by atoms with E-state index in [-0.39, 0.29) is 11.6 Å². The Kier molecular flexibility index (Phi) is 6.00. The molecule has 1 aliphatic rings. The van der Waals surface area contributed by atoms with Crippen molar-refractivity contribution in [3.8, 4) is 16.9 Å². The van der Waals surface area contributed by atoms with Gasteiger partial charge in [0, 0.05) is 27.4 Å². The van der Waals surface area contributed by atoms with Crippen LogP contribution in [0.3, 0.4) is 0 Å². The standard InChI is InChI=1S/C26H22ClN5O2S/c1-35-18-8-6-17(7-9-18)32-24-19(23(31-32)25(29)33)10-3-14-2-5-16(13-20(14)24)30-26(34)21-12-15(28)4-11-22(21)27/h2,4-9,11-13H,3,10,28H2,1H3,(H2,29,33)(H,30,34). The van der Waals surface area contributed by atoms with E-state index in [0.717, 1.165) is 39.4 Å². The lowest BCUT2D eigenvalue weighted by Gasteiger charge is -2.20. The summed E-state index contributed by atoms with van der Waals surface area (Å²) in [5, 5.41) is 7.81. The fourth-order valence-corrected chi connectivity index (χ4v) is 4.95. The molecule has 0 bridgehead atoms. The van der Waals surface area contributed by atoms with Crippen LogP contribution in [0.25, 0.3) is 16.9 Å². The summed E-state index contributed by atoms with van der Waals surface area (Å²) < 4.78 is 1.76. The molecule has 0 saturated heterocycles. The molecule has 1 aliphatic carbocycles. The quantitative estimate of drug-likeness (QED) is 0.263. The van der Waals surface area contributed by atoms with Gasteiger partial charge in [-0.15, -0.1) is 11.8 Å². The zero-order chi connectivity index (χ0) is 24.7. The zero-order valence-corrected chi connectivity index (χ0v) is 20.4. The van der Waals surface area contributed by atoms with E-state index >= 15 is 0 Å². The Morgan fingerprint density at radius 1 is 1.06 bits per heavy atom. The van der Waals surface area contributed by atoms with E-state index in [1.165, 1.54) is 0 Å². The van der Waals surface area contributed by atoms with Crippen LogP contribution < -0.4 is 16.8 Å². The predicted molar refractivity (Wildman–Crippen MR) is 141 cm³/mol. The van der Waals surface area contributed by atoms with Crippen LogP contribution in [0.4, 0.5) is 11.4 Å². The number of nitrogens with zero attached hydrogens (tertiary/aromatic N) is 2. The number of thioether (sulfide) groups is 1. The van der Waals surface area contributed by atoms with Crippen molar-refractivity contribution in [1.29, 1.82) is 0 Å². The third-order valence-electron chi connectivity index (χ3n) is 6.04. The number of carbonyl (C=O) groups is 2. The van der Waals surface area contributed by atoms with Gasteiger partial charge in [0.05, 0.1) is 22.0 Å². The number of benzene rings is 3. The van der Waals surface area contributed by atoms with Crippen molar-refractivity contribution in [2.45, 2.75) is 17.7 Å². The van der Waals surface area contributed by atoms with Crippen molar-refractivity contribution in [2.75, 3.05) is 17.3 Å². The summed E-state index contributed by atoms with van der Waals surface area (Å²) in [5.41, 5.74) is 17.5. The van der Waals surface area contributed by atoms with E-state index < -0.39 is 5.91 Å². The smallest absolute Gasteiger partial charge is 0.269 e. The molecule has 9 heteroatoms. The Morgan fingerprint density at radius 2 is 1.83 bits per heavy atom. The van der Waals surface area contributed by atoms with E-state index in [0.29, 0.717) is 28.4 Å². The van der Waals surface area contributed by atoms with Crippen molar-refractivity contribution in [2.24, 2.45) is 5.73 Å². The first-order valence-corrected chi connectivity index (χ1v) is 12.5. The molecule has 5 rings (SSSR count). The predicted octanol–water partition coefficient (Wildman–Crippen LogP) is 4.95. The Balaban J connectivity index is 1.59. The average Bonchev–Trinajstić information content (AvgIpc) is 3.26. The van der Waals surface area contributed by atoms with Crippen LogP contribution in [0.1, 0.15) is 32.0 Å². The second kappa shape index (κ2) is 9.13. The molecule has 0 saturated carbocycles. The second-order valence-electron chi connectivity index (χ2n) is 8.22. The Morgan fingerprint density at radius 3 is 2.54 bits per heavy atom. The molecule has 0 spiro atoms. The number of nitrogens with one attached hydrogen (secondary N) is 1. The van der Waals surface area contributed by atoms with Gasteiger partial charge in [0.1, 0.15) is 0 Å². The van der Waals surface area contributed by atoms with Gasteiger partial charge in [-0.25, -0.2) is 4.68 Å². The summed E-state index contributed by atoms with van der Waals surface area (Å²) >= 11 is 7.86. The molecule has 0 unspecified atom stereocenters. The van der Waals surface area contributed by atoms with Gasteiger partial charge in [-0.1, -0.05) is 17.7 Å². The van der Waals surface area contributed by atoms with Crippen LogP contribution in [0.2, 0.25) is 5.02 Å². The maximum atomic E-state index is 12.9. The summed E-state index contributed by atoms with van der Waals surface area (Å²) in [5.74, 6) is -0.929. The molecular formula is C26H22ClN5O2S. The van der Waals surface area contributed by atoms with E-state index in [9.17, 15) is 9.59 Å². The molecule has 0 radical (unpaired) electrons. The number of hydrogen-bond acceptors (Lipinski definition) is 5. The first kappa shape index (κ1) is 23.0. The van der Waals surface area contributed by atoms with Crippen molar-refractivity contribution in [3.63, 3.8) is 0 Å². The molecule has 7 nitrogen and oxygen atoms in total. The van der Waals surface area contributed by atoms with Crippen molar-refractivity contribution in [3.05, 3.63) is 88.1 Å². The van der Waals surface area contributed by atoms with Gasteiger partial charge in [0.25, 0.3) is 11.8 Å². The Bertz CT molecular complexity index is 1480. The minimum Gasteiger partial charge on any atom is -0.399 e. The Labute approximate surface area is 211 Å². The summed E-state index contributed by atoms with van der Waals surface area (Å²) in [6.07, 6.45) is 3.39. The first-order chi connectivity index (χ1) is 16.9. The van der Waals surface area contributed by atoms with E-state index in [2.05, 4.69) is 10.4 Å². The number of halogens is 1. The number of fused-ring (bicyclic) bond motifs is 3. The molecule has 35 heavy (non-hydrogen) atoms. The first-order valence-electron chi connectivity index (χ1n) is 10.9. The lowest BCUT2D eigenvalue weighted by atomic mass is 9.88. The topological polar surface area (TPSA) is 116 Å². The fourth-order valence-electron chi connectivity index (χ4n) is 4.34. The van der Waals surface area contributed by atoms with Gasteiger partial charge >= 0.3 is 0 Å². The number of aromatic nitrogens is 2. The molecule has 0 atom stereocenters. The minimum atomic E-state index is -0.565. The van der Waals surface area contributed by atoms with Crippen molar-refractivity contribution >= 4 is 46.6 Å². The maximum Gasteiger partial charge on any atom is 0.269 e. The fraction of sp³-hybridized carbons (Fsp3) is 0.115. The molecule has 3 aromatic carbocycles. The van der Waals surface area contributed by atoms with Gasteiger partial charge in [-0.2, -0.15) is 5.10 Å². The van der Waals surface area contributed by atoms with Crippen LogP contribution in [0.5, 0.6) is 0 Å². The highest BCUT2D eigenvalue weighted by Gasteiger charge is 2.28. The second-order valence-corrected chi connectivity index (χ2v) is 9.50. The monoisotopic (exact) mass is 503 g/mol. The van der Waals surface area contributed by atoms with E-state index in [1.54, 1.807) is 34.6 Å². The third-order valence-corrected chi connectivity index (χ3v) is 7.11. The number of anilines is 2. The number of nitrogen functional groups attached to an aromatic ring is 1. The largest absolute Gasteiger partial charge is 0.399 e. The number of nitrogens with two attached hydrogens (primary N) is 2. The molecule has 176 valence electrons. The summed E-state index contributed by atoms with van der Waals surface area (Å²) in [6, 6.07) is 18.4. The minimum absolute atomic E-state index is 0.264. The maximum absolute atomic E-state index is 12.9. The highest BCUT2D eigenvalue weighted by Crippen LogP contribution is 2.38. The van der Waals surface area contributed by atoms with Crippen LogP contribution in [-0.2, 0) is 12.8 Å². The molecular weight excluding hydrogens is 482 g/mol. The van der Waals surface area contributed by atoms with E-state index in [4.69, 9.17) is 23.1 Å². The van der Waals surface area contributed by atoms with Crippen LogP contribution in [0.15, 0.2) is 65.6 Å². The van der Waals surface area contributed by atoms with Crippen molar-refractivity contribution in [1.82, 2.24) is 9.78 Å². The summed E-state index contributed by atoms with van der Waals surface area (Å²) in [7, 11) is 0. The number of rotatable bonds is 5. The summed E-state index contributed by atoms with van der Waals surface area (Å²) in [6.45, 7) is 0. The number of primary amides is 1. The van der Waals surface area contributed by atoms with Gasteiger partial charge in [0.15, 0.2) is 5.69 Å². The van der Waals surface area contributed by atoms with Gasteiger partial charge in [-0.3, -0.25) is 9.59 Å². The number of aryl methyl sites for hydroxylation is 1. The van der Waals surface area contributed by atoms with Gasteiger partial charge in [0.2, 0.25) is 0 Å². The average molecular weight is 504 g/mol. The normalized spacial score (nSPS) is 12.1. The van der Waals surface area contributed by atoms with Crippen molar-refractivity contribution < 1.29 is 9.59 Å². The molecule has 1 heterocycles. The number of hydrogen-bond donors (Lipinski definition) is 3. The molecule has 1 aromatic heterocycles. The zero-order valence-electron chi connectivity index (χ0n) is 18.8. The number of carbonyl (C=O) groups excluding carboxylic acids is 2. The van der Waals surface area contributed by atoms with Gasteiger partial charge < -0.3 is 16.8 Å². The number of amides is 2. The molecule has 0 aliphatic heterocycles. The third kappa shape index (κ3) is 4.26. The summed E-state index contributed by atoms with van der Waals surface area (Å²) in [4.78, 5) is 26.3. The van der Waals surface area contributed by atoms with E-state index in [1.807, 2.05) is 48.7 Å². The molecule has 2 amide bonds. The highest BCUT2D eigenvalue weighted by atomic mass is 35.5. The molecule has 0 fully saturated rings. The highest BCUT2D eigenvalue weighted by molar-refractivity contribution is 7.98. The van der Waals surface area contributed by atoms with Crippen LogP contribution in [-0.4, -0.2) is 27.9 Å². The lowest BCUT2D eigenvalue weighted by Crippen LogP contribution is -2.16. The Hall–Kier alpha value is -3.75. The van der Waals surface area contributed by atoms with Crippen LogP contribution in [0, 0.1) is 0 Å². The lowest BCUT2D eigenvalue weighted by molar-refractivity contribution is 0.0992. The van der Waals surface area contributed by atoms with Gasteiger partial charge in [-0.05, 0) is 79.3 Å².